The Labute approximate surface area is 152 Å². The van der Waals surface area contributed by atoms with Crippen LogP contribution in [0, 0.1) is 0 Å². The van der Waals surface area contributed by atoms with Gasteiger partial charge in [0.1, 0.15) is 17.5 Å². The van der Waals surface area contributed by atoms with Crippen molar-refractivity contribution < 1.29 is 14.6 Å². The van der Waals surface area contributed by atoms with Crippen LogP contribution in [-0.2, 0) is 6.54 Å². The first-order valence-electron chi connectivity index (χ1n) is 9.20. The molecule has 1 amide bonds. The number of nitrogens with zero attached hydrogens (tertiary/aromatic N) is 2. The van der Waals surface area contributed by atoms with Crippen LogP contribution in [0.2, 0.25) is 0 Å². The highest BCUT2D eigenvalue weighted by Crippen LogP contribution is 2.36. The molecule has 0 radical (unpaired) electrons. The van der Waals surface area contributed by atoms with E-state index in [9.17, 15) is 9.90 Å². The van der Waals surface area contributed by atoms with Crippen molar-refractivity contribution in [2.45, 2.75) is 57.0 Å². The highest BCUT2D eigenvalue weighted by molar-refractivity contribution is 5.92. The Bertz CT molecular complexity index is 791. The minimum Gasteiger partial charge on any atom is -0.486 e. The number of carbonyl (C=O) groups excluding carboxylic acids is 1. The summed E-state index contributed by atoms with van der Waals surface area (Å²) in [5, 5.41) is 21.4. The van der Waals surface area contributed by atoms with Crippen LogP contribution in [0.25, 0.3) is 0 Å². The van der Waals surface area contributed by atoms with Gasteiger partial charge < -0.3 is 20.5 Å². The number of nitrogens with one attached hydrogen (secondary N) is 2. The van der Waals surface area contributed by atoms with Gasteiger partial charge in [-0.3, -0.25) is 9.48 Å². The molecular formula is C19H24N4O3. The summed E-state index contributed by atoms with van der Waals surface area (Å²) < 4.78 is 7.78. The van der Waals surface area contributed by atoms with E-state index in [0.29, 0.717) is 12.1 Å². The van der Waals surface area contributed by atoms with Crippen LogP contribution in [0.3, 0.4) is 0 Å². The summed E-state index contributed by atoms with van der Waals surface area (Å²) in [5.74, 6) is 0.560. The van der Waals surface area contributed by atoms with Gasteiger partial charge in [0.05, 0.1) is 23.9 Å². The zero-order valence-corrected chi connectivity index (χ0v) is 14.8. The van der Waals surface area contributed by atoms with Crippen molar-refractivity contribution in [3.63, 3.8) is 0 Å². The second-order valence-corrected chi connectivity index (χ2v) is 6.93. The average molecular weight is 356 g/mol. The largest absolute Gasteiger partial charge is 0.486 e. The number of fused-ring (bicyclic) bond motifs is 2. The SMILES string of the molecule is CCCn1ccc(C(=O)N[C@@H]2CC[C@H]3Oc4ccccc4N[C@H]3[C@@H]2O)n1. The Balaban J connectivity index is 1.43. The number of aliphatic hydroxyl groups excluding tert-OH is 1. The lowest BCUT2D eigenvalue weighted by atomic mass is 9.84. The molecule has 1 aliphatic carbocycles. The summed E-state index contributed by atoms with van der Waals surface area (Å²) in [6.45, 7) is 2.84. The summed E-state index contributed by atoms with van der Waals surface area (Å²) in [6.07, 6.45) is 3.35. The number of amides is 1. The molecule has 2 aromatic rings. The van der Waals surface area contributed by atoms with Crippen LogP contribution in [0.15, 0.2) is 36.5 Å². The summed E-state index contributed by atoms with van der Waals surface area (Å²) in [4.78, 5) is 12.5. The number of hydrogen-bond acceptors (Lipinski definition) is 5. The maximum atomic E-state index is 12.5. The first kappa shape index (κ1) is 16.9. The van der Waals surface area contributed by atoms with Crippen molar-refractivity contribution >= 4 is 11.6 Å². The third kappa shape index (κ3) is 3.14. The van der Waals surface area contributed by atoms with E-state index in [1.165, 1.54) is 0 Å². The first-order chi connectivity index (χ1) is 12.7. The molecule has 0 saturated heterocycles. The Hall–Kier alpha value is -2.54. The van der Waals surface area contributed by atoms with Crippen molar-refractivity contribution in [3.8, 4) is 5.75 Å². The number of aryl methyl sites for hydroxylation is 1. The molecule has 0 unspecified atom stereocenters. The molecule has 3 N–H and O–H groups in total. The van der Waals surface area contributed by atoms with Gasteiger partial charge in [0.2, 0.25) is 0 Å². The Kier molecular flexibility index (Phi) is 4.55. The fraction of sp³-hybridized carbons (Fsp3) is 0.474. The molecule has 1 aliphatic heterocycles. The molecule has 0 bridgehead atoms. The summed E-state index contributed by atoms with van der Waals surface area (Å²) in [7, 11) is 0. The van der Waals surface area contributed by atoms with Gasteiger partial charge in [-0.05, 0) is 37.5 Å². The number of rotatable bonds is 4. The second kappa shape index (κ2) is 6.99. The molecule has 2 aliphatic rings. The second-order valence-electron chi connectivity index (χ2n) is 6.93. The van der Waals surface area contributed by atoms with E-state index in [-0.39, 0.29) is 24.1 Å². The predicted octanol–water partition coefficient (Wildman–Crippen LogP) is 1.79. The molecule has 1 aromatic carbocycles. The third-order valence-electron chi connectivity index (χ3n) is 5.07. The van der Waals surface area contributed by atoms with Crippen molar-refractivity contribution in [1.29, 1.82) is 0 Å². The normalized spacial score (nSPS) is 26.8. The molecule has 0 spiro atoms. The van der Waals surface area contributed by atoms with E-state index in [4.69, 9.17) is 4.74 Å². The quantitative estimate of drug-likeness (QED) is 0.777. The van der Waals surface area contributed by atoms with Gasteiger partial charge >= 0.3 is 0 Å². The first-order valence-corrected chi connectivity index (χ1v) is 9.20. The molecule has 4 rings (SSSR count). The number of para-hydroxylation sites is 2. The van der Waals surface area contributed by atoms with E-state index >= 15 is 0 Å². The minimum atomic E-state index is -0.733. The number of aliphatic hydroxyl groups is 1. The van der Waals surface area contributed by atoms with Crippen LogP contribution in [0.5, 0.6) is 5.75 Å². The third-order valence-corrected chi connectivity index (χ3v) is 5.07. The zero-order valence-electron chi connectivity index (χ0n) is 14.8. The maximum absolute atomic E-state index is 12.5. The monoisotopic (exact) mass is 356 g/mol. The van der Waals surface area contributed by atoms with Crippen LogP contribution < -0.4 is 15.4 Å². The number of benzene rings is 1. The molecule has 1 saturated carbocycles. The number of aromatic nitrogens is 2. The molecule has 26 heavy (non-hydrogen) atoms. The minimum absolute atomic E-state index is 0.100. The van der Waals surface area contributed by atoms with Crippen LogP contribution in [0.4, 0.5) is 5.69 Å². The zero-order chi connectivity index (χ0) is 18.1. The highest BCUT2D eigenvalue weighted by atomic mass is 16.5. The topological polar surface area (TPSA) is 88.4 Å². The summed E-state index contributed by atoms with van der Waals surface area (Å²) in [6, 6.07) is 8.84. The van der Waals surface area contributed by atoms with Gasteiger partial charge in [-0.25, -0.2) is 0 Å². The van der Waals surface area contributed by atoms with Gasteiger partial charge in [0.15, 0.2) is 0 Å². The number of ether oxygens (including phenoxy) is 1. The van der Waals surface area contributed by atoms with E-state index in [1.807, 2.05) is 24.3 Å². The van der Waals surface area contributed by atoms with E-state index in [0.717, 1.165) is 30.8 Å². The standard InChI is InChI=1S/C19H24N4O3/c1-2-10-23-11-9-14(22-23)19(25)21-13-7-8-16-17(18(13)24)20-12-5-3-4-6-15(12)26-16/h3-6,9,11,13,16-18,20,24H,2,7-8,10H2,1H3,(H,21,25)/t13-,16-,17-,18-/m1/s1. The van der Waals surface area contributed by atoms with Crippen LogP contribution >= 0.6 is 0 Å². The molecule has 7 heteroatoms. The lowest BCUT2D eigenvalue weighted by molar-refractivity contribution is 0.00952. The van der Waals surface area contributed by atoms with Crippen LogP contribution in [-0.4, -0.2) is 45.1 Å². The van der Waals surface area contributed by atoms with Crippen molar-refractivity contribution in [2.75, 3.05) is 5.32 Å². The Morgan fingerprint density at radius 1 is 1.38 bits per heavy atom. The Morgan fingerprint density at radius 2 is 2.23 bits per heavy atom. The fourth-order valence-corrected chi connectivity index (χ4v) is 3.74. The summed E-state index contributed by atoms with van der Waals surface area (Å²) in [5.41, 5.74) is 1.25. The molecule has 1 aromatic heterocycles. The molecule has 4 atom stereocenters. The highest BCUT2D eigenvalue weighted by Gasteiger charge is 2.43. The maximum Gasteiger partial charge on any atom is 0.272 e. The fourth-order valence-electron chi connectivity index (χ4n) is 3.74. The lowest BCUT2D eigenvalue weighted by Gasteiger charge is -2.44. The number of carbonyl (C=O) groups is 1. The van der Waals surface area contributed by atoms with E-state index in [1.54, 1.807) is 16.9 Å². The molecule has 138 valence electrons. The summed E-state index contributed by atoms with van der Waals surface area (Å²) >= 11 is 0. The van der Waals surface area contributed by atoms with Crippen molar-refractivity contribution in [1.82, 2.24) is 15.1 Å². The van der Waals surface area contributed by atoms with E-state index in [2.05, 4.69) is 22.7 Å². The number of hydrogen-bond donors (Lipinski definition) is 3. The van der Waals surface area contributed by atoms with E-state index < -0.39 is 6.10 Å². The lowest BCUT2D eigenvalue weighted by Crippen LogP contribution is -2.61. The predicted molar refractivity (Wildman–Crippen MR) is 97.3 cm³/mol. The van der Waals surface area contributed by atoms with Crippen molar-refractivity contribution in [2.24, 2.45) is 0 Å². The van der Waals surface area contributed by atoms with Gasteiger partial charge in [0.25, 0.3) is 5.91 Å². The van der Waals surface area contributed by atoms with Crippen molar-refractivity contribution in [3.05, 3.63) is 42.2 Å². The molecule has 7 nitrogen and oxygen atoms in total. The molecule has 2 heterocycles. The van der Waals surface area contributed by atoms with Gasteiger partial charge in [0, 0.05) is 12.7 Å². The average Bonchev–Trinajstić information content (AvgIpc) is 3.12. The Morgan fingerprint density at radius 3 is 3.08 bits per heavy atom. The van der Waals surface area contributed by atoms with Gasteiger partial charge in [-0.1, -0.05) is 19.1 Å². The number of anilines is 1. The van der Waals surface area contributed by atoms with Gasteiger partial charge in [-0.15, -0.1) is 0 Å². The smallest absolute Gasteiger partial charge is 0.272 e. The molecular weight excluding hydrogens is 332 g/mol. The van der Waals surface area contributed by atoms with Crippen LogP contribution in [0.1, 0.15) is 36.7 Å². The molecule has 1 fully saturated rings. The van der Waals surface area contributed by atoms with Gasteiger partial charge in [-0.2, -0.15) is 5.10 Å².